The molecule has 1 N–H and O–H groups in total. The molecule has 1 atom stereocenters. The standard InChI is InChI=1S/C30H34Cl2N2O2S/c1-21(2)19-33-30(36)28(18-23-8-5-4-6-9-23)34(20-25-26(31)10-7-11-27(25)32)29(35)16-17-37-24-14-12-22(3)13-15-24/h4-15,21,28H,16-20H2,1-3H3,(H,33,36)/t28-/m0/s1. The van der Waals surface area contributed by atoms with Crippen molar-refractivity contribution in [2.75, 3.05) is 12.3 Å². The molecule has 37 heavy (non-hydrogen) atoms. The van der Waals surface area contributed by atoms with Crippen molar-refractivity contribution in [3.63, 3.8) is 0 Å². The van der Waals surface area contributed by atoms with E-state index in [1.807, 2.05) is 51.1 Å². The number of benzene rings is 3. The number of hydrogen-bond donors (Lipinski definition) is 1. The Morgan fingerprint density at radius 1 is 0.919 bits per heavy atom. The van der Waals surface area contributed by atoms with Crippen molar-refractivity contribution >= 4 is 46.8 Å². The SMILES string of the molecule is Cc1ccc(SCCC(=O)N(Cc2c(Cl)cccc2Cl)[C@@H](Cc2ccccc2)C(=O)NCC(C)C)cc1. The number of thioether (sulfide) groups is 1. The van der Waals surface area contributed by atoms with Crippen molar-refractivity contribution < 1.29 is 9.59 Å². The van der Waals surface area contributed by atoms with Gasteiger partial charge in [0, 0.05) is 52.2 Å². The van der Waals surface area contributed by atoms with Crippen molar-refractivity contribution in [1.82, 2.24) is 10.2 Å². The van der Waals surface area contributed by atoms with Gasteiger partial charge in [0.2, 0.25) is 11.8 Å². The lowest BCUT2D eigenvalue weighted by Crippen LogP contribution is -2.51. The van der Waals surface area contributed by atoms with E-state index >= 15 is 0 Å². The van der Waals surface area contributed by atoms with Gasteiger partial charge in [0.1, 0.15) is 6.04 Å². The van der Waals surface area contributed by atoms with Gasteiger partial charge in [-0.1, -0.05) is 91.1 Å². The summed E-state index contributed by atoms with van der Waals surface area (Å²) in [7, 11) is 0. The van der Waals surface area contributed by atoms with Gasteiger partial charge in [-0.25, -0.2) is 0 Å². The molecule has 0 aliphatic rings. The second-order valence-electron chi connectivity index (χ2n) is 9.48. The molecule has 7 heteroatoms. The molecule has 0 fully saturated rings. The fraction of sp³-hybridized carbons (Fsp3) is 0.333. The van der Waals surface area contributed by atoms with E-state index in [9.17, 15) is 9.59 Å². The number of carbonyl (C=O) groups is 2. The molecular weight excluding hydrogens is 523 g/mol. The van der Waals surface area contributed by atoms with E-state index in [4.69, 9.17) is 23.2 Å². The molecular formula is C30H34Cl2N2O2S. The van der Waals surface area contributed by atoms with E-state index in [1.165, 1.54) is 5.56 Å². The number of aryl methyl sites for hydroxylation is 1. The summed E-state index contributed by atoms with van der Waals surface area (Å²) >= 11 is 14.6. The van der Waals surface area contributed by atoms with Gasteiger partial charge >= 0.3 is 0 Å². The minimum Gasteiger partial charge on any atom is -0.354 e. The highest BCUT2D eigenvalue weighted by molar-refractivity contribution is 7.99. The molecule has 0 heterocycles. The monoisotopic (exact) mass is 556 g/mol. The predicted octanol–water partition coefficient (Wildman–Crippen LogP) is 7.20. The molecule has 0 aromatic heterocycles. The summed E-state index contributed by atoms with van der Waals surface area (Å²) in [5.74, 6) is 0.589. The van der Waals surface area contributed by atoms with Crippen LogP contribution >= 0.6 is 35.0 Å². The Kier molecular flexibility index (Phi) is 11.4. The summed E-state index contributed by atoms with van der Waals surface area (Å²) in [6.07, 6.45) is 0.674. The molecule has 0 bridgehead atoms. The first-order chi connectivity index (χ1) is 17.7. The summed E-state index contributed by atoms with van der Waals surface area (Å²) in [6.45, 7) is 6.82. The number of hydrogen-bond acceptors (Lipinski definition) is 3. The van der Waals surface area contributed by atoms with Gasteiger partial charge in [-0.3, -0.25) is 9.59 Å². The van der Waals surface area contributed by atoms with E-state index in [2.05, 4.69) is 29.6 Å². The van der Waals surface area contributed by atoms with Crippen LogP contribution < -0.4 is 5.32 Å². The molecule has 4 nitrogen and oxygen atoms in total. The maximum Gasteiger partial charge on any atom is 0.243 e. The molecule has 2 amide bonds. The van der Waals surface area contributed by atoms with Crippen molar-refractivity contribution in [2.45, 2.75) is 51.1 Å². The van der Waals surface area contributed by atoms with E-state index in [0.717, 1.165) is 10.5 Å². The fourth-order valence-electron chi connectivity index (χ4n) is 3.86. The second-order valence-corrected chi connectivity index (χ2v) is 11.5. The van der Waals surface area contributed by atoms with E-state index in [-0.39, 0.29) is 30.7 Å². The van der Waals surface area contributed by atoms with E-state index < -0.39 is 6.04 Å². The van der Waals surface area contributed by atoms with Crippen molar-refractivity contribution in [1.29, 1.82) is 0 Å². The second kappa shape index (κ2) is 14.5. The topological polar surface area (TPSA) is 49.4 Å². The molecule has 196 valence electrons. The number of nitrogens with zero attached hydrogens (tertiary/aromatic N) is 1. The Morgan fingerprint density at radius 2 is 1.57 bits per heavy atom. The van der Waals surface area contributed by atoms with Gasteiger partial charge in [-0.05, 0) is 42.7 Å². The van der Waals surface area contributed by atoms with Crippen LogP contribution in [0.4, 0.5) is 0 Å². The van der Waals surface area contributed by atoms with Crippen LogP contribution in [0.5, 0.6) is 0 Å². The van der Waals surface area contributed by atoms with Crippen LogP contribution in [0.15, 0.2) is 77.7 Å². The fourth-order valence-corrected chi connectivity index (χ4v) is 5.22. The molecule has 0 unspecified atom stereocenters. The minimum atomic E-state index is -0.703. The normalized spacial score (nSPS) is 11.8. The molecule has 3 rings (SSSR count). The Balaban J connectivity index is 1.88. The third kappa shape index (κ3) is 9.10. The van der Waals surface area contributed by atoms with E-state index in [1.54, 1.807) is 34.9 Å². The maximum atomic E-state index is 13.7. The number of rotatable bonds is 12. The smallest absolute Gasteiger partial charge is 0.243 e. The highest BCUT2D eigenvalue weighted by atomic mass is 35.5. The van der Waals surface area contributed by atoms with Crippen molar-refractivity contribution in [3.8, 4) is 0 Å². The maximum absolute atomic E-state index is 13.7. The van der Waals surface area contributed by atoms with Gasteiger partial charge in [-0.2, -0.15) is 0 Å². The lowest BCUT2D eigenvalue weighted by atomic mass is 10.0. The van der Waals surface area contributed by atoms with Crippen LogP contribution in [0.1, 0.15) is 37.0 Å². The molecule has 0 radical (unpaired) electrons. The number of nitrogens with one attached hydrogen (secondary N) is 1. The molecule has 0 aliphatic carbocycles. The Hall–Kier alpha value is -2.47. The van der Waals surface area contributed by atoms with Gasteiger partial charge < -0.3 is 10.2 Å². The Labute approximate surface area is 234 Å². The largest absolute Gasteiger partial charge is 0.354 e. The van der Waals surface area contributed by atoms with Gasteiger partial charge in [0.15, 0.2) is 0 Å². The first-order valence-electron chi connectivity index (χ1n) is 12.5. The zero-order valence-corrected chi connectivity index (χ0v) is 23.9. The molecule has 0 spiro atoms. The highest BCUT2D eigenvalue weighted by Crippen LogP contribution is 2.28. The molecule has 3 aromatic rings. The first kappa shape index (κ1) is 29.1. The molecule has 0 saturated carbocycles. The summed E-state index contributed by atoms with van der Waals surface area (Å²) in [5.41, 5.74) is 2.81. The third-order valence-electron chi connectivity index (χ3n) is 5.95. The molecule has 0 aliphatic heterocycles. The number of amides is 2. The van der Waals surface area contributed by atoms with Crippen LogP contribution in [-0.2, 0) is 22.6 Å². The third-order valence-corrected chi connectivity index (χ3v) is 7.67. The van der Waals surface area contributed by atoms with Crippen molar-refractivity contribution in [3.05, 3.63) is 99.5 Å². The van der Waals surface area contributed by atoms with Gasteiger partial charge in [0.25, 0.3) is 0 Å². The quantitative estimate of drug-likeness (QED) is 0.240. The van der Waals surface area contributed by atoms with E-state index in [0.29, 0.717) is 34.3 Å². The number of halogens is 2. The zero-order chi connectivity index (χ0) is 26.8. The molecule has 0 saturated heterocycles. The van der Waals surface area contributed by atoms with Gasteiger partial charge in [-0.15, -0.1) is 11.8 Å². The Morgan fingerprint density at radius 3 is 2.19 bits per heavy atom. The summed E-state index contributed by atoms with van der Waals surface area (Å²) in [5, 5.41) is 3.98. The van der Waals surface area contributed by atoms with Crippen LogP contribution in [0, 0.1) is 12.8 Å². The highest BCUT2D eigenvalue weighted by Gasteiger charge is 2.31. The average Bonchev–Trinajstić information content (AvgIpc) is 2.88. The van der Waals surface area contributed by atoms with Gasteiger partial charge in [0.05, 0.1) is 0 Å². The van der Waals surface area contributed by atoms with Crippen LogP contribution in [-0.4, -0.2) is 35.1 Å². The Bertz CT molecular complexity index is 1150. The lowest BCUT2D eigenvalue weighted by molar-refractivity contribution is -0.141. The summed E-state index contributed by atoms with van der Waals surface area (Å²) in [4.78, 5) is 30.0. The van der Waals surface area contributed by atoms with Crippen molar-refractivity contribution in [2.24, 2.45) is 5.92 Å². The lowest BCUT2D eigenvalue weighted by Gasteiger charge is -2.32. The minimum absolute atomic E-state index is 0.115. The molecule has 3 aromatic carbocycles. The number of carbonyl (C=O) groups excluding carboxylic acids is 2. The summed E-state index contributed by atoms with van der Waals surface area (Å²) in [6, 6.07) is 22.6. The van der Waals surface area contributed by atoms with Crippen LogP contribution in [0.2, 0.25) is 10.0 Å². The first-order valence-corrected chi connectivity index (χ1v) is 14.2. The summed E-state index contributed by atoms with van der Waals surface area (Å²) < 4.78 is 0. The van der Waals surface area contributed by atoms with Crippen LogP contribution in [0.3, 0.4) is 0 Å². The van der Waals surface area contributed by atoms with Crippen LogP contribution in [0.25, 0.3) is 0 Å². The predicted molar refractivity (Wildman–Crippen MR) is 155 cm³/mol. The average molecular weight is 558 g/mol. The zero-order valence-electron chi connectivity index (χ0n) is 21.5.